The van der Waals surface area contributed by atoms with Crippen molar-refractivity contribution in [2.75, 3.05) is 7.05 Å². The van der Waals surface area contributed by atoms with Crippen LogP contribution < -0.4 is 4.72 Å². The minimum absolute atomic E-state index is 0.0621. The molecule has 3 unspecified atom stereocenters. The van der Waals surface area contributed by atoms with Gasteiger partial charge in [-0.25, -0.2) is 13.2 Å². The van der Waals surface area contributed by atoms with Gasteiger partial charge in [0.15, 0.2) is 11.2 Å². The van der Waals surface area contributed by atoms with E-state index < -0.39 is 11.2 Å². The lowest BCUT2D eigenvalue weighted by molar-refractivity contribution is -0.111. The normalized spacial score (nSPS) is 27.6. The molecule has 106 valence electrons. The molecule has 0 bridgehead atoms. The van der Waals surface area contributed by atoms with E-state index in [1.165, 1.54) is 0 Å². The Bertz CT molecular complexity index is 625. The number of hydrogen-bond donors (Lipinski definition) is 2. The summed E-state index contributed by atoms with van der Waals surface area (Å²) in [5, 5.41) is 6.72. The molecule has 1 fully saturated rings. The van der Waals surface area contributed by atoms with Crippen LogP contribution >= 0.6 is 11.3 Å². The lowest BCUT2D eigenvalue weighted by Crippen LogP contribution is -2.48. The number of likely N-dealkylation sites (N-methyl/N-ethyl adjacent to an activating group) is 1. The number of aromatic amines is 1. The zero-order chi connectivity index (χ0) is 14.1. The van der Waals surface area contributed by atoms with Gasteiger partial charge < -0.3 is 4.79 Å². The summed E-state index contributed by atoms with van der Waals surface area (Å²) in [6, 6.07) is 3.65. The van der Waals surface area contributed by atoms with E-state index in [4.69, 9.17) is 0 Å². The van der Waals surface area contributed by atoms with Gasteiger partial charge in [-0.3, -0.25) is 5.10 Å². The summed E-state index contributed by atoms with van der Waals surface area (Å²) in [7, 11) is 1.68. The zero-order valence-electron chi connectivity index (χ0n) is 10.8. The molecule has 2 aromatic rings. The second-order valence-corrected chi connectivity index (χ2v) is 7.02. The Balaban J connectivity index is 1.83. The molecular weight excluding hydrogens is 296 g/mol. The summed E-state index contributed by atoms with van der Waals surface area (Å²) in [6.45, 7) is 0. The topological polar surface area (TPSA) is 78.1 Å². The molecule has 3 heterocycles. The second kappa shape index (κ2) is 5.57. The molecule has 1 aliphatic rings. The van der Waals surface area contributed by atoms with Gasteiger partial charge in [0.25, 0.3) is 0 Å². The minimum Gasteiger partial charge on any atom is -0.302 e. The molecule has 0 radical (unpaired) electrons. The highest BCUT2D eigenvalue weighted by Gasteiger charge is 2.32. The Kier molecular flexibility index (Phi) is 3.79. The maximum Gasteiger partial charge on any atom is 0.170 e. The summed E-state index contributed by atoms with van der Waals surface area (Å²) in [6.07, 6.45) is 5.08. The molecule has 8 heteroatoms. The van der Waals surface area contributed by atoms with Gasteiger partial charge in [0.05, 0.1) is 18.3 Å². The first-order chi connectivity index (χ1) is 9.69. The highest BCUT2D eigenvalue weighted by molar-refractivity contribution is 7.80. The Labute approximate surface area is 122 Å². The molecule has 0 aromatic carbocycles. The van der Waals surface area contributed by atoms with Gasteiger partial charge in [-0.1, -0.05) is 0 Å². The number of thiophene rings is 1. The van der Waals surface area contributed by atoms with Crippen LogP contribution in [-0.2, 0) is 16.0 Å². The molecule has 6 nitrogen and oxygen atoms in total. The minimum atomic E-state index is -1.33. The molecule has 0 spiro atoms. The summed E-state index contributed by atoms with van der Waals surface area (Å²) < 4.78 is 16.5. The van der Waals surface area contributed by atoms with Crippen LogP contribution in [0.5, 0.6) is 0 Å². The van der Waals surface area contributed by atoms with E-state index in [9.17, 15) is 9.00 Å². The first-order valence-corrected chi connectivity index (χ1v) is 8.06. The van der Waals surface area contributed by atoms with Crippen LogP contribution in [-0.4, -0.2) is 38.1 Å². The van der Waals surface area contributed by atoms with Gasteiger partial charge in [-0.05, 0) is 18.6 Å². The molecule has 0 aliphatic carbocycles. The number of aldehydes is 1. The molecule has 0 saturated carbocycles. The van der Waals surface area contributed by atoms with Crippen molar-refractivity contribution in [3.63, 3.8) is 0 Å². The number of nitrogens with one attached hydrogen (secondary N) is 2. The quantitative estimate of drug-likeness (QED) is 0.838. The van der Waals surface area contributed by atoms with Gasteiger partial charge in [-0.2, -0.15) is 5.10 Å². The van der Waals surface area contributed by atoms with E-state index in [2.05, 4.69) is 14.9 Å². The number of hydrogen-bond acceptors (Lipinski definition) is 4. The molecule has 3 atom stereocenters. The first-order valence-electron chi connectivity index (χ1n) is 6.14. The largest absolute Gasteiger partial charge is 0.302 e. The maximum absolute atomic E-state index is 11.9. The fourth-order valence-electron chi connectivity index (χ4n) is 2.16. The van der Waals surface area contributed by atoms with Crippen molar-refractivity contribution in [1.82, 2.24) is 19.2 Å². The predicted molar refractivity (Wildman–Crippen MR) is 78.2 cm³/mol. The lowest BCUT2D eigenvalue weighted by atomic mass is 10.1. The fraction of sp³-hybridized carbons (Fsp3) is 0.333. The average Bonchev–Trinajstić information content (AvgIpc) is 3.11. The van der Waals surface area contributed by atoms with E-state index in [-0.39, 0.29) is 12.1 Å². The number of nitrogens with zero attached hydrogens (tertiary/aromatic N) is 2. The summed E-state index contributed by atoms with van der Waals surface area (Å²) in [4.78, 5) is 13.2. The Hall–Kier alpha value is -1.35. The van der Waals surface area contributed by atoms with E-state index in [0.717, 1.165) is 21.6 Å². The van der Waals surface area contributed by atoms with Gasteiger partial charge in [-0.15, -0.1) is 11.3 Å². The Morgan fingerprint density at radius 3 is 3.10 bits per heavy atom. The van der Waals surface area contributed by atoms with Crippen molar-refractivity contribution in [1.29, 1.82) is 0 Å². The third kappa shape index (κ3) is 2.47. The van der Waals surface area contributed by atoms with Gasteiger partial charge in [0.1, 0.15) is 6.29 Å². The average molecular weight is 310 g/mol. The van der Waals surface area contributed by atoms with Crippen molar-refractivity contribution >= 4 is 28.8 Å². The molecule has 0 amide bonds. The van der Waals surface area contributed by atoms with Crippen LogP contribution in [0.4, 0.5) is 0 Å². The highest BCUT2D eigenvalue weighted by atomic mass is 32.2. The first kappa shape index (κ1) is 13.6. The predicted octanol–water partition coefficient (Wildman–Crippen LogP) is 1.25. The SMILES string of the molecule is CN1C(C=O)CC(c2ccc(-c3cn[nH]c3)s2)NS1=O. The molecule has 20 heavy (non-hydrogen) atoms. The maximum atomic E-state index is 11.9. The number of aromatic nitrogens is 2. The summed E-state index contributed by atoms with van der Waals surface area (Å²) in [5.74, 6) is 0. The number of carbonyl (C=O) groups excluding carboxylic acids is 1. The summed E-state index contributed by atoms with van der Waals surface area (Å²) >= 11 is 0.289. The second-order valence-electron chi connectivity index (χ2n) is 4.59. The smallest absolute Gasteiger partial charge is 0.170 e. The highest BCUT2D eigenvalue weighted by Crippen LogP contribution is 2.34. The van der Waals surface area contributed by atoms with Crippen LogP contribution in [0.15, 0.2) is 24.5 Å². The van der Waals surface area contributed by atoms with Crippen molar-refractivity contribution in [3.05, 3.63) is 29.4 Å². The van der Waals surface area contributed by atoms with Crippen LogP contribution in [0.3, 0.4) is 0 Å². The standard InChI is InChI=1S/C12H14N4O2S2/c1-16-9(7-17)4-10(15-20(16)18)12-3-2-11(19-12)8-5-13-14-6-8/h2-3,5-7,9-10,15H,4H2,1H3,(H,13,14). The molecule has 1 saturated heterocycles. The van der Waals surface area contributed by atoms with Gasteiger partial charge >= 0.3 is 0 Å². The Morgan fingerprint density at radius 1 is 1.55 bits per heavy atom. The zero-order valence-corrected chi connectivity index (χ0v) is 12.4. The number of carbonyl (C=O) groups is 1. The number of rotatable bonds is 3. The third-order valence-corrected chi connectivity index (χ3v) is 5.89. The van der Waals surface area contributed by atoms with Crippen molar-refractivity contribution < 1.29 is 9.00 Å². The molecule has 2 N–H and O–H groups in total. The van der Waals surface area contributed by atoms with E-state index in [1.807, 2.05) is 18.3 Å². The Morgan fingerprint density at radius 2 is 2.40 bits per heavy atom. The van der Waals surface area contributed by atoms with Crippen LogP contribution in [0.25, 0.3) is 10.4 Å². The molecule has 2 aromatic heterocycles. The van der Waals surface area contributed by atoms with E-state index >= 15 is 0 Å². The van der Waals surface area contributed by atoms with Crippen molar-refractivity contribution in [3.8, 4) is 10.4 Å². The summed E-state index contributed by atoms with van der Waals surface area (Å²) in [5.41, 5.74) is 1.03. The van der Waals surface area contributed by atoms with Gasteiger partial charge in [0.2, 0.25) is 0 Å². The van der Waals surface area contributed by atoms with Crippen molar-refractivity contribution in [2.24, 2.45) is 0 Å². The number of H-pyrrole nitrogens is 1. The fourth-order valence-corrected chi connectivity index (χ4v) is 4.30. The van der Waals surface area contributed by atoms with E-state index in [1.54, 1.807) is 28.9 Å². The third-order valence-electron chi connectivity index (χ3n) is 3.36. The monoisotopic (exact) mass is 310 g/mol. The van der Waals surface area contributed by atoms with Crippen LogP contribution in [0.2, 0.25) is 0 Å². The molecule has 1 aliphatic heterocycles. The lowest BCUT2D eigenvalue weighted by Gasteiger charge is -2.32. The van der Waals surface area contributed by atoms with Gasteiger partial charge in [0, 0.05) is 28.6 Å². The molecule has 3 rings (SSSR count). The van der Waals surface area contributed by atoms with Crippen molar-refractivity contribution in [2.45, 2.75) is 18.5 Å². The van der Waals surface area contributed by atoms with E-state index in [0.29, 0.717) is 6.42 Å². The van der Waals surface area contributed by atoms with Crippen LogP contribution in [0, 0.1) is 0 Å². The molecular formula is C12H14N4O2S2. The van der Waals surface area contributed by atoms with Crippen LogP contribution in [0.1, 0.15) is 17.3 Å².